The molecule has 0 saturated heterocycles. The Bertz CT molecular complexity index is 818. The topological polar surface area (TPSA) is 78.7 Å². The van der Waals surface area contributed by atoms with E-state index in [9.17, 15) is 19.3 Å². The highest BCUT2D eigenvalue weighted by molar-refractivity contribution is 6.00. The summed E-state index contributed by atoms with van der Waals surface area (Å²) in [5.74, 6) is -0.824. The molecule has 0 aliphatic heterocycles. The lowest BCUT2D eigenvalue weighted by Gasteiger charge is -2.10. The quantitative estimate of drug-likeness (QED) is 0.635. The van der Waals surface area contributed by atoms with Crippen LogP contribution in [-0.4, -0.2) is 17.8 Å². The van der Waals surface area contributed by atoms with Crippen LogP contribution in [-0.2, 0) is 6.42 Å². The third-order valence-corrected chi connectivity index (χ3v) is 3.65. The zero-order valence-electron chi connectivity index (χ0n) is 12.2. The second-order valence-corrected chi connectivity index (χ2v) is 5.06. The molecule has 0 aromatic heterocycles. The van der Waals surface area contributed by atoms with E-state index in [-0.39, 0.29) is 17.3 Å². The van der Waals surface area contributed by atoms with Crippen LogP contribution < -0.4 is 9.47 Å². The number of halogens is 1. The van der Waals surface area contributed by atoms with Crippen molar-refractivity contribution in [2.24, 2.45) is 0 Å². The molecule has 6 nitrogen and oxygen atoms in total. The van der Waals surface area contributed by atoms with Crippen molar-refractivity contribution >= 4 is 11.5 Å². The van der Waals surface area contributed by atoms with Crippen LogP contribution >= 0.6 is 0 Å². The third kappa shape index (κ3) is 2.73. The minimum absolute atomic E-state index is 0.0601. The number of rotatable bonds is 4. The first-order valence-electron chi connectivity index (χ1n) is 6.85. The fourth-order valence-corrected chi connectivity index (χ4v) is 2.55. The van der Waals surface area contributed by atoms with Crippen molar-refractivity contribution in [2.75, 3.05) is 7.11 Å². The van der Waals surface area contributed by atoms with Gasteiger partial charge in [-0.25, -0.2) is 0 Å². The smallest absolute Gasteiger partial charge is 0.347 e. The number of nitro groups is 1. The average molecular weight is 317 g/mol. The molecule has 0 unspecified atom stereocenters. The number of hydrogen-bond acceptors (Lipinski definition) is 5. The Kier molecular flexibility index (Phi) is 3.69. The number of nitro benzene ring substituents is 1. The largest absolute Gasteiger partial charge is 0.497 e. The van der Waals surface area contributed by atoms with Gasteiger partial charge in [-0.15, -0.1) is 0 Å². The number of nitrogens with zero attached hydrogens (tertiary/aromatic N) is 1. The fourth-order valence-electron chi connectivity index (χ4n) is 2.55. The summed E-state index contributed by atoms with van der Waals surface area (Å²) in [7, 11) is 1.32. The molecule has 0 spiro atoms. The van der Waals surface area contributed by atoms with Gasteiger partial charge in [0.1, 0.15) is 11.5 Å². The van der Waals surface area contributed by atoms with E-state index >= 15 is 0 Å². The maximum atomic E-state index is 13.9. The number of ketones is 1. The number of aryl methyl sites for hydroxylation is 1. The van der Waals surface area contributed by atoms with Crippen molar-refractivity contribution in [1.82, 2.24) is 0 Å². The third-order valence-electron chi connectivity index (χ3n) is 3.65. The van der Waals surface area contributed by atoms with Gasteiger partial charge in [0.2, 0.25) is 11.6 Å². The normalized spacial score (nSPS) is 12.9. The summed E-state index contributed by atoms with van der Waals surface area (Å²) in [4.78, 5) is 21.8. The van der Waals surface area contributed by atoms with E-state index in [4.69, 9.17) is 9.47 Å². The van der Waals surface area contributed by atoms with E-state index in [2.05, 4.69) is 0 Å². The predicted molar refractivity (Wildman–Crippen MR) is 78.8 cm³/mol. The second kappa shape index (κ2) is 5.68. The summed E-state index contributed by atoms with van der Waals surface area (Å²) in [6.45, 7) is 0. The van der Waals surface area contributed by atoms with Crippen molar-refractivity contribution in [2.45, 2.75) is 12.8 Å². The van der Waals surface area contributed by atoms with Gasteiger partial charge < -0.3 is 9.47 Å². The van der Waals surface area contributed by atoms with Gasteiger partial charge in [0, 0.05) is 24.1 Å². The van der Waals surface area contributed by atoms with Crippen LogP contribution in [0.2, 0.25) is 0 Å². The molecule has 2 aromatic rings. The van der Waals surface area contributed by atoms with Crippen molar-refractivity contribution in [3.05, 3.63) is 57.4 Å². The highest BCUT2D eigenvalue weighted by atomic mass is 19.1. The van der Waals surface area contributed by atoms with E-state index in [1.807, 2.05) is 0 Å². The van der Waals surface area contributed by atoms with E-state index in [1.54, 1.807) is 12.1 Å². The number of benzene rings is 2. The molecule has 1 aliphatic carbocycles. The van der Waals surface area contributed by atoms with Crippen molar-refractivity contribution in [3.63, 3.8) is 0 Å². The van der Waals surface area contributed by atoms with Gasteiger partial charge in [-0.3, -0.25) is 14.9 Å². The number of hydrogen-bond donors (Lipinski definition) is 0. The molecule has 0 fully saturated rings. The second-order valence-electron chi connectivity index (χ2n) is 5.06. The molecular formula is C16H12FNO5. The molecule has 118 valence electrons. The van der Waals surface area contributed by atoms with E-state index in [0.717, 1.165) is 11.6 Å². The molecule has 0 saturated carbocycles. The lowest BCUT2D eigenvalue weighted by Crippen LogP contribution is -1.99. The average Bonchev–Trinajstić information content (AvgIpc) is 2.87. The Morgan fingerprint density at radius 1 is 1.17 bits per heavy atom. The summed E-state index contributed by atoms with van der Waals surface area (Å²) in [6, 6.07) is 6.96. The Labute approximate surface area is 130 Å². The summed E-state index contributed by atoms with van der Waals surface area (Å²) in [5.41, 5.74) is 0.685. The standard InChI is InChI=1S/C16H12FNO5/c1-22-11-7-13(17)16(18(20)21)15(8-11)23-10-3-4-12-9(6-10)2-5-14(12)19/h3-4,6-8H,2,5H2,1H3. The van der Waals surface area contributed by atoms with Gasteiger partial charge in [-0.2, -0.15) is 4.39 Å². The molecule has 3 rings (SSSR count). The summed E-state index contributed by atoms with van der Waals surface area (Å²) in [5, 5.41) is 11.1. The number of carbonyl (C=O) groups is 1. The number of ether oxygens (including phenoxy) is 2. The number of carbonyl (C=O) groups excluding carboxylic acids is 1. The Balaban J connectivity index is 2.01. The van der Waals surface area contributed by atoms with E-state index < -0.39 is 16.4 Å². The minimum Gasteiger partial charge on any atom is -0.497 e. The summed E-state index contributed by atoms with van der Waals surface area (Å²) in [6.07, 6.45) is 1.03. The lowest BCUT2D eigenvalue weighted by molar-refractivity contribution is -0.388. The van der Waals surface area contributed by atoms with Crippen LogP contribution in [0.25, 0.3) is 0 Å². The monoisotopic (exact) mass is 317 g/mol. The first-order chi connectivity index (χ1) is 11.0. The van der Waals surface area contributed by atoms with Gasteiger partial charge in [0.15, 0.2) is 5.78 Å². The van der Waals surface area contributed by atoms with E-state index in [0.29, 0.717) is 24.2 Å². The molecule has 0 heterocycles. The first kappa shape index (κ1) is 15.0. The van der Waals surface area contributed by atoms with Crippen LogP contribution in [0.15, 0.2) is 30.3 Å². The van der Waals surface area contributed by atoms with Gasteiger partial charge in [-0.05, 0) is 30.2 Å². The molecule has 0 bridgehead atoms. The van der Waals surface area contributed by atoms with Crippen LogP contribution in [0.5, 0.6) is 17.2 Å². The lowest BCUT2D eigenvalue weighted by atomic mass is 10.1. The zero-order chi connectivity index (χ0) is 16.6. The molecule has 1 aliphatic rings. The Hall–Kier alpha value is -2.96. The van der Waals surface area contributed by atoms with Crippen molar-refractivity contribution in [3.8, 4) is 17.2 Å². The predicted octanol–water partition coefficient (Wildman–Crippen LogP) is 3.66. The van der Waals surface area contributed by atoms with Gasteiger partial charge in [-0.1, -0.05) is 0 Å². The summed E-state index contributed by atoms with van der Waals surface area (Å²) < 4.78 is 24.3. The van der Waals surface area contributed by atoms with Crippen LogP contribution in [0, 0.1) is 15.9 Å². The molecule has 0 amide bonds. The molecule has 0 atom stereocenters. The first-order valence-corrected chi connectivity index (χ1v) is 6.85. The molecule has 7 heteroatoms. The van der Waals surface area contributed by atoms with Crippen molar-refractivity contribution < 1.29 is 23.6 Å². The zero-order valence-corrected chi connectivity index (χ0v) is 12.2. The maximum absolute atomic E-state index is 13.9. The van der Waals surface area contributed by atoms with Crippen LogP contribution in [0.4, 0.5) is 10.1 Å². The van der Waals surface area contributed by atoms with Crippen LogP contribution in [0.3, 0.4) is 0 Å². The number of Topliss-reactive ketones (excluding diaryl/α,β-unsaturated/α-hetero) is 1. The van der Waals surface area contributed by atoms with Gasteiger partial charge in [0.25, 0.3) is 0 Å². The SMILES string of the molecule is COc1cc(F)c([N+](=O)[O-])c(Oc2ccc3c(c2)CCC3=O)c1. The van der Waals surface area contributed by atoms with E-state index in [1.165, 1.54) is 19.2 Å². The highest BCUT2D eigenvalue weighted by Gasteiger charge is 2.25. The molecule has 2 aromatic carbocycles. The van der Waals surface area contributed by atoms with Gasteiger partial charge in [0.05, 0.1) is 12.0 Å². The number of fused-ring (bicyclic) bond motifs is 1. The fraction of sp³-hybridized carbons (Fsp3) is 0.188. The molecule has 0 radical (unpaired) electrons. The molecule has 23 heavy (non-hydrogen) atoms. The molecular weight excluding hydrogens is 305 g/mol. The Morgan fingerprint density at radius 2 is 1.96 bits per heavy atom. The van der Waals surface area contributed by atoms with Crippen LogP contribution in [0.1, 0.15) is 22.3 Å². The minimum atomic E-state index is -1.04. The van der Waals surface area contributed by atoms with Crippen molar-refractivity contribution in [1.29, 1.82) is 0 Å². The molecule has 0 N–H and O–H groups in total. The highest BCUT2D eigenvalue weighted by Crippen LogP contribution is 2.38. The summed E-state index contributed by atoms with van der Waals surface area (Å²) >= 11 is 0. The maximum Gasteiger partial charge on any atom is 0.347 e. The number of methoxy groups -OCH3 is 1. The van der Waals surface area contributed by atoms with Gasteiger partial charge >= 0.3 is 5.69 Å². The Morgan fingerprint density at radius 3 is 2.65 bits per heavy atom.